The quantitative estimate of drug-likeness (QED) is 0.579. The summed E-state index contributed by atoms with van der Waals surface area (Å²) in [4.78, 5) is 23.3. The zero-order valence-corrected chi connectivity index (χ0v) is 16.0. The van der Waals surface area contributed by atoms with Crippen molar-refractivity contribution in [2.75, 3.05) is 31.2 Å². The van der Waals surface area contributed by atoms with Crippen molar-refractivity contribution >= 4 is 33.6 Å². The van der Waals surface area contributed by atoms with E-state index in [1.807, 2.05) is 41.8 Å². The van der Waals surface area contributed by atoms with Crippen LogP contribution in [-0.2, 0) is 4.74 Å². The van der Waals surface area contributed by atoms with E-state index in [4.69, 9.17) is 4.74 Å². The minimum absolute atomic E-state index is 0.208. The summed E-state index contributed by atoms with van der Waals surface area (Å²) in [5.41, 5.74) is 4.10. The Morgan fingerprint density at radius 3 is 2.69 bits per heavy atom. The number of fused-ring (bicyclic) bond motifs is 2. The molecular formula is C22H20N4O3. The Hall–Kier alpha value is -3.45. The molecule has 5 rings (SSSR count). The second-order valence-corrected chi connectivity index (χ2v) is 7.15. The van der Waals surface area contributed by atoms with Crippen LogP contribution in [0.5, 0.6) is 0 Å². The van der Waals surface area contributed by atoms with Crippen molar-refractivity contribution in [3.63, 3.8) is 0 Å². The van der Waals surface area contributed by atoms with Crippen molar-refractivity contribution in [1.29, 1.82) is 0 Å². The fourth-order valence-electron chi connectivity index (χ4n) is 3.95. The maximum absolute atomic E-state index is 12.0. The lowest BCUT2D eigenvalue weighted by atomic mass is 10.1. The van der Waals surface area contributed by atoms with Gasteiger partial charge in [0.1, 0.15) is 11.3 Å². The lowest BCUT2D eigenvalue weighted by Gasteiger charge is -2.29. The van der Waals surface area contributed by atoms with E-state index in [0.717, 1.165) is 46.7 Å². The predicted molar refractivity (Wildman–Crippen MR) is 111 cm³/mol. The molecule has 2 aromatic carbocycles. The van der Waals surface area contributed by atoms with Gasteiger partial charge >= 0.3 is 5.97 Å². The number of aromatic nitrogens is 3. The van der Waals surface area contributed by atoms with Gasteiger partial charge in [-0.05, 0) is 31.2 Å². The monoisotopic (exact) mass is 388 g/mol. The zero-order chi connectivity index (χ0) is 20.0. The SMILES string of the molecule is Cc1nc2c(C(=O)O)cc(N3CCOCC3)cc2n1-c1cnc2ccccc2c1. The van der Waals surface area contributed by atoms with Crippen LogP contribution in [0.3, 0.4) is 0 Å². The molecule has 1 saturated heterocycles. The molecule has 29 heavy (non-hydrogen) atoms. The van der Waals surface area contributed by atoms with Gasteiger partial charge < -0.3 is 14.7 Å². The number of para-hydroxylation sites is 1. The number of hydrogen-bond acceptors (Lipinski definition) is 5. The van der Waals surface area contributed by atoms with Crippen LogP contribution in [0.2, 0.25) is 0 Å². The molecular weight excluding hydrogens is 368 g/mol. The van der Waals surface area contributed by atoms with Crippen LogP contribution < -0.4 is 4.90 Å². The Balaban J connectivity index is 1.75. The molecule has 0 amide bonds. The molecule has 7 heteroatoms. The van der Waals surface area contributed by atoms with E-state index < -0.39 is 5.97 Å². The number of imidazole rings is 1. The van der Waals surface area contributed by atoms with E-state index in [-0.39, 0.29) is 5.56 Å². The van der Waals surface area contributed by atoms with Crippen LogP contribution in [-0.4, -0.2) is 51.9 Å². The molecule has 0 atom stereocenters. The summed E-state index contributed by atoms with van der Waals surface area (Å²) in [5.74, 6) is -0.259. The van der Waals surface area contributed by atoms with E-state index in [2.05, 4.69) is 20.9 Å². The van der Waals surface area contributed by atoms with Gasteiger partial charge in [0.05, 0.1) is 41.7 Å². The Labute approximate surface area is 167 Å². The lowest BCUT2D eigenvalue weighted by molar-refractivity contribution is 0.0699. The summed E-state index contributed by atoms with van der Waals surface area (Å²) >= 11 is 0. The number of carboxylic acids is 1. The standard InChI is InChI=1S/C22H20N4O3/c1-14-24-21-18(22(27)28)11-16(25-6-8-29-9-7-25)12-20(21)26(14)17-10-15-4-2-3-5-19(15)23-13-17/h2-5,10-13H,6-9H2,1H3,(H,27,28). The second kappa shape index (κ2) is 6.86. The number of carbonyl (C=O) groups is 1. The average molecular weight is 388 g/mol. The highest BCUT2D eigenvalue weighted by Gasteiger charge is 2.21. The Morgan fingerprint density at radius 1 is 1.10 bits per heavy atom. The largest absolute Gasteiger partial charge is 0.478 e. The predicted octanol–water partition coefficient (Wildman–Crippen LogP) is 3.42. The maximum Gasteiger partial charge on any atom is 0.338 e. The number of ether oxygens (including phenoxy) is 1. The van der Waals surface area contributed by atoms with Crippen LogP contribution >= 0.6 is 0 Å². The summed E-state index contributed by atoms with van der Waals surface area (Å²) < 4.78 is 7.42. The third kappa shape index (κ3) is 3.00. The highest BCUT2D eigenvalue weighted by atomic mass is 16.5. The molecule has 1 fully saturated rings. The fraction of sp³-hybridized carbons (Fsp3) is 0.227. The van der Waals surface area contributed by atoms with E-state index in [1.165, 1.54) is 0 Å². The van der Waals surface area contributed by atoms with Crippen molar-refractivity contribution in [3.8, 4) is 5.69 Å². The molecule has 0 radical (unpaired) electrons. The van der Waals surface area contributed by atoms with Crippen LogP contribution in [0, 0.1) is 6.92 Å². The van der Waals surface area contributed by atoms with Gasteiger partial charge in [0.2, 0.25) is 0 Å². The minimum Gasteiger partial charge on any atom is -0.478 e. The van der Waals surface area contributed by atoms with Gasteiger partial charge in [0.25, 0.3) is 0 Å². The first-order valence-electron chi connectivity index (χ1n) is 9.56. The highest BCUT2D eigenvalue weighted by molar-refractivity contribution is 6.03. The normalized spacial score (nSPS) is 14.6. The highest BCUT2D eigenvalue weighted by Crippen LogP contribution is 2.30. The first kappa shape index (κ1) is 17.6. The number of aromatic carboxylic acids is 1. The van der Waals surface area contributed by atoms with Crippen molar-refractivity contribution < 1.29 is 14.6 Å². The molecule has 1 aliphatic heterocycles. The molecule has 1 aliphatic rings. The molecule has 146 valence electrons. The fourth-order valence-corrected chi connectivity index (χ4v) is 3.95. The van der Waals surface area contributed by atoms with Gasteiger partial charge in [-0.15, -0.1) is 0 Å². The van der Waals surface area contributed by atoms with Crippen molar-refractivity contribution in [1.82, 2.24) is 14.5 Å². The number of pyridine rings is 1. The van der Waals surface area contributed by atoms with Crippen molar-refractivity contribution in [2.24, 2.45) is 0 Å². The van der Waals surface area contributed by atoms with Crippen LogP contribution in [0.1, 0.15) is 16.2 Å². The van der Waals surface area contributed by atoms with Gasteiger partial charge in [0.15, 0.2) is 0 Å². The number of nitrogens with zero attached hydrogens (tertiary/aromatic N) is 4. The Bertz CT molecular complexity index is 1240. The summed E-state index contributed by atoms with van der Waals surface area (Å²) in [6, 6.07) is 13.7. The van der Waals surface area contributed by atoms with Gasteiger partial charge in [-0.2, -0.15) is 0 Å². The van der Waals surface area contributed by atoms with E-state index >= 15 is 0 Å². The topological polar surface area (TPSA) is 80.5 Å². The molecule has 0 bridgehead atoms. The van der Waals surface area contributed by atoms with E-state index in [9.17, 15) is 9.90 Å². The molecule has 0 saturated carbocycles. The van der Waals surface area contributed by atoms with Crippen molar-refractivity contribution in [2.45, 2.75) is 6.92 Å². The number of rotatable bonds is 3. The average Bonchev–Trinajstić information content (AvgIpc) is 3.08. The van der Waals surface area contributed by atoms with Crippen LogP contribution in [0.25, 0.3) is 27.6 Å². The first-order chi connectivity index (χ1) is 14.1. The van der Waals surface area contributed by atoms with Gasteiger partial charge in [0, 0.05) is 24.2 Å². The third-order valence-electron chi connectivity index (χ3n) is 5.35. The number of carboxylic acid groups (broad SMARTS) is 1. The summed E-state index contributed by atoms with van der Waals surface area (Å²) in [5, 5.41) is 10.8. The first-order valence-corrected chi connectivity index (χ1v) is 9.56. The maximum atomic E-state index is 12.0. The summed E-state index contributed by atoms with van der Waals surface area (Å²) in [6.07, 6.45) is 1.80. The smallest absolute Gasteiger partial charge is 0.338 e. The molecule has 3 heterocycles. The van der Waals surface area contributed by atoms with Gasteiger partial charge in [-0.25, -0.2) is 9.78 Å². The van der Waals surface area contributed by atoms with Crippen LogP contribution in [0.4, 0.5) is 5.69 Å². The number of aryl methyl sites for hydroxylation is 1. The molecule has 2 aromatic heterocycles. The third-order valence-corrected chi connectivity index (χ3v) is 5.35. The Kier molecular flexibility index (Phi) is 4.17. The summed E-state index contributed by atoms with van der Waals surface area (Å²) in [7, 11) is 0. The number of hydrogen-bond donors (Lipinski definition) is 1. The second-order valence-electron chi connectivity index (χ2n) is 7.15. The summed E-state index contributed by atoms with van der Waals surface area (Å²) in [6.45, 7) is 4.61. The molecule has 0 aliphatic carbocycles. The number of benzene rings is 2. The van der Waals surface area contributed by atoms with Gasteiger partial charge in [-0.1, -0.05) is 18.2 Å². The van der Waals surface area contributed by atoms with Crippen LogP contribution in [0.15, 0.2) is 48.7 Å². The van der Waals surface area contributed by atoms with Gasteiger partial charge in [-0.3, -0.25) is 9.55 Å². The molecule has 7 nitrogen and oxygen atoms in total. The minimum atomic E-state index is -0.980. The number of morpholine rings is 1. The number of anilines is 1. The molecule has 0 unspecified atom stereocenters. The van der Waals surface area contributed by atoms with E-state index in [1.54, 1.807) is 12.3 Å². The van der Waals surface area contributed by atoms with Crippen molar-refractivity contribution in [3.05, 3.63) is 60.0 Å². The Morgan fingerprint density at radius 2 is 1.90 bits per heavy atom. The molecule has 1 N–H and O–H groups in total. The molecule has 0 spiro atoms. The molecule has 4 aromatic rings. The van der Waals surface area contributed by atoms with E-state index in [0.29, 0.717) is 18.7 Å². The zero-order valence-electron chi connectivity index (χ0n) is 16.0. The lowest BCUT2D eigenvalue weighted by Crippen LogP contribution is -2.36.